The number of hydrogen-bond donors (Lipinski definition) is 0. The van der Waals surface area contributed by atoms with E-state index in [4.69, 9.17) is 0 Å². The van der Waals surface area contributed by atoms with E-state index in [-0.39, 0.29) is 5.56 Å². The van der Waals surface area contributed by atoms with Gasteiger partial charge in [0, 0.05) is 12.6 Å². The fraction of sp³-hybridized carbons (Fsp3) is 0.364. The van der Waals surface area contributed by atoms with Crippen molar-refractivity contribution in [1.82, 2.24) is 5.06 Å². The van der Waals surface area contributed by atoms with Crippen LogP contribution in [0.4, 0.5) is 17.6 Å². The Hall–Kier alpha value is -1.83. The van der Waals surface area contributed by atoms with Gasteiger partial charge in [-0.25, -0.2) is 5.06 Å². The topological polar surface area (TPSA) is 38.8 Å². The molecule has 8 heteroatoms. The van der Waals surface area contributed by atoms with Crippen molar-refractivity contribution in [1.29, 1.82) is 0 Å². The molecule has 1 rings (SSSR count). The van der Waals surface area contributed by atoms with Crippen molar-refractivity contribution >= 4 is 5.91 Å². The van der Waals surface area contributed by atoms with Crippen LogP contribution in [0.25, 0.3) is 0 Å². The minimum absolute atomic E-state index is 0.136. The van der Waals surface area contributed by atoms with Gasteiger partial charge < -0.3 is 4.74 Å². The van der Waals surface area contributed by atoms with Crippen LogP contribution in [0.15, 0.2) is 24.3 Å². The van der Waals surface area contributed by atoms with Gasteiger partial charge >= 0.3 is 12.5 Å². The summed E-state index contributed by atoms with van der Waals surface area (Å²) >= 11 is 0. The molecule has 1 aromatic rings. The highest BCUT2D eigenvalue weighted by Crippen LogP contribution is 2.27. The number of hydrogen-bond acceptors (Lipinski definition) is 3. The number of carbonyl (C=O) groups excluding carboxylic acids is 1. The fourth-order valence-electron chi connectivity index (χ4n) is 1.13. The van der Waals surface area contributed by atoms with Gasteiger partial charge in [-0.05, 0) is 24.3 Å². The molecule has 1 amide bonds. The van der Waals surface area contributed by atoms with Crippen molar-refractivity contribution in [2.45, 2.75) is 12.5 Å². The van der Waals surface area contributed by atoms with E-state index in [0.717, 1.165) is 29.3 Å². The fourth-order valence-corrected chi connectivity index (χ4v) is 1.13. The van der Waals surface area contributed by atoms with E-state index in [1.54, 1.807) is 0 Å². The molecule has 0 spiro atoms. The van der Waals surface area contributed by atoms with Gasteiger partial charge in [-0.15, -0.1) is 0 Å². The Labute approximate surface area is 106 Å². The second kappa shape index (κ2) is 5.87. The summed E-state index contributed by atoms with van der Waals surface area (Å²) in [5.41, 5.74) is 0.136. The van der Waals surface area contributed by atoms with Crippen LogP contribution in [0.2, 0.25) is 0 Å². The van der Waals surface area contributed by atoms with E-state index in [9.17, 15) is 22.4 Å². The number of ether oxygens (including phenoxy) is 1. The summed E-state index contributed by atoms with van der Waals surface area (Å²) in [4.78, 5) is 16.2. The largest absolute Gasteiger partial charge is 0.461 e. The molecule has 0 fully saturated rings. The van der Waals surface area contributed by atoms with Crippen molar-refractivity contribution in [2.24, 2.45) is 0 Å². The van der Waals surface area contributed by atoms with Crippen molar-refractivity contribution in [3.05, 3.63) is 29.8 Å². The number of amides is 1. The number of hydroxylamine groups is 2. The average molecular weight is 281 g/mol. The van der Waals surface area contributed by atoms with Crippen LogP contribution in [0.3, 0.4) is 0 Å². The monoisotopic (exact) mass is 281 g/mol. The van der Waals surface area contributed by atoms with Gasteiger partial charge in [-0.2, -0.15) is 17.6 Å². The minimum Gasteiger partial charge on any atom is -0.428 e. The molecule has 0 saturated heterocycles. The van der Waals surface area contributed by atoms with Crippen LogP contribution in [0.1, 0.15) is 10.4 Å². The molecule has 19 heavy (non-hydrogen) atoms. The quantitative estimate of drug-likeness (QED) is 0.615. The summed E-state index contributed by atoms with van der Waals surface area (Å²) in [5.74, 6) is -0.989. The minimum atomic E-state index is -4.57. The van der Waals surface area contributed by atoms with Gasteiger partial charge in [0.05, 0.1) is 7.11 Å². The molecule has 0 heterocycles. The van der Waals surface area contributed by atoms with Gasteiger partial charge in [-0.1, -0.05) is 0 Å². The zero-order chi connectivity index (χ0) is 14.6. The summed E-state index contributed by atoms with van der Waals surface area (Å²) in [6.45, 7) is 0. The molecule has 1 aromatic carbocycles. The lowest BCUT2D eigenvalue weighted by atomic mass is 10.2. The summed E-state index contributed by atoms with van der Waals surface area (Å²) in [7, 11) is 2.64. The van der Waals surface area contributed by atoms with Gasteiger partial charge in [0.1, 0.15) is 5.75 Å². The van der Waals surface area contributed by atoms with Crippen molar-refractivity contribution < 1.29 is 31.9 Å². The maximum atomic E-state index is 12.6. The van der Waals surface area contributed by atoms with E-state index in [2.05, 4.69) is 9.57 Å². The molecular formula is C11H11F4NO3. The van der Waals surface area contributed by atoms with E-state index >= 15 is 0 Å². The van der Waals surface area contributed by atoms with Crippen molar-refractivity contribution in [3.8, 4) is 5.75 Å². The first-order chi connectivity index (χ1) is 8.77. The third kappa shape index (κ3) is 3.82. The maximum absolute atomic E-state index is 12.6. The zero-order valence-electron chi connectivity index (χ0n) is 10.1. The molecule has 0 aliphatic carbocycles. The highest BCUT2D eigenvalue weighted by Gasteiger charge is 2.43. The summed E-state index contributed by atoms with van der Waals surface area (Å²) in [6.07, 6.45) is -8.51. The second-order valence-corrected chi connectivity index (χ2v) is 3.47. The number of halogens is 4. The molecule has 4 nitrogen and oxygen atoms in total. The Morgan fingerprint density at radius 1 is 1.26 bits per heavy atom. The molecule has 0 aromatic heterocycles. The predicted octanol–water partition coefficient (Wildman–Crippen LogP) is 2.56. The van der Waals surface area contributed by atoms with Crippen LogP contribution < -0.4 is 4.74 Å². The first-order valence-corrected chi connectivity index (χ1v) is 5.05. The number of rotatable bonds is 5. The van der Waals surface area contributed by atoms with Crippen LogP contribution in [-0.2, 0) is 4.84 Å². The Kier molecular flexibility index (Phi) is 4.71. The van der Waals surface area contributed by atoms with E-state index < -0.39 is 24.2 Å². The molecule has 0 bridgehead atoms. The van der Waals surface area contributed by atoms with Crippen LogP contribution >= 0.6 is 0 Å². The van der Waals surface area contributed by atoms with Gasteiger partial charge in [0.2, 0.25) is 0 Å². The van der Waals surface area contributed by atoms with E-state index in [1.807, 2.05) is 0 Å². The third-order valence-corrected chi connectivity index (χ3v) is 2.17. The first-order valence-electron chi connectivity index (χ1n) is 5.05. The number of carbonyl (C=O) groups is 1. The highest BCUT2D eigenvalue weighted by atomic mass is 19.3. The standard InChI is InChI=1S/C11H11F4NO3/c1-16(18-2)9(17)7-3-5-8(6-4-7)19-11(14,15)10(12)13/h3-6,10H,1-2H3. The van der Waals surface area contributed by atoms with Crippen LogP contribution in [0, 0.1) is 0 Å². The molecule has 0 unspecified atom stereocenters. The van der Waals surface area contributed by atoms with Crippen LogP contribution in [-0.4, -0.2) is 37.7 Å². The Bertz CT molecular complexity index is 436. The lowest BCUT2D eigenvalue weighted by Gasteiger charge is -2.17. The van der Waals surface area contributed by atoms with Crippen molar-refractivity contribution in [3.63, 3.8) is 0 Å². The Balaban J connectivity index is 2.80. The number of benzene rings is 1. The second-order valence-electron chi connectivity index (χ2n) is 3.47. The van der Waals surface area contributed by atoms with Crippen molar-refractivity contribution in [2.75, 3.05) is 14.2 Å². The van der Waals surface area contributed by atoms with Gasteiger partial charge in [0.25, 0.3) is 5.91 Å². The SMILES string of the molecule is CON(C)C(=O)c1ccc(OC(F)(F)C(F)F)cc1. The lowest BCUT2D eigenvalue weighted by Crippen LogP contribution is -2.33. The van der Waals surface area contributed by atoms with Crippen LogP contribution in [0.5, 0.6) is 5.75 Å². The third-order valence-electron chi connectivity index (χ3n) is 2.17. The molecule has 0 aliphatic rings. The summed E-state index contributed by atoms with van der Waals surface area (Å²) in [5, 5.41) is 0.920. The maximum Gasteiger partial charge on any atom is 0.461 e. The van der Waals surface area contributed by atoms with Gasteiger partial charge in [-0.3, -0.25) is 9.63 Å². The Morgan fingerprint density at radius 3 is 2.21 bits per heavy atom. The number of nitrogens with zero attached hydrogens (tertiary/aromatic N) is 1. The summed E-state index contributed by atoms with van der Waals surface area (Å²) in [6, 6.07) is 4.31. The van der Waals surface area contributed by atoms with Gasteiger partial charge in [0.15, 0.2) is 0 Å². The molecule has 0 atom stereocenters. The summed E-state index contributed by atoms with van der Waals surface area (Å²) < 4.78 is 52.9. The molecule has 0 radical (unpaired) electrons. The highest BCUT2D eigenvalue weighted by molar-refractivity contribution is 5.93. The molecule has 0 N–H and O–H groups in total. The smallest absolute Gasteiger partial charge is 0.428 e. The Morgan fingerprint density at radius 2 is 1.79 bits per heavy atom. The molecule has 106 valence electrons. The van der Waals surface area contributed by atoms with E-state index in [1.165, 1.54) is 14.2 Å². The molecule has 0 aliphatic heterocycles. The predicted molar refractivity (Wildman–Crippen MR) is 57.1 cm³/mol. The lowest BCUT2D eigenvalue weighted by molar-refractivity contribution is -0.253. The molecular weight excluding hydrogens is 270 g/mol. The molecule has 0 saturated carbocycles. The number of alkyl halides is 4. The average Bonchev–Trinajstić information content (AvgIpc) is 2.37. The zero-order valence-corrected chi connectivity index (χ0v) is 10.1. The normalized spacial score (nSPS) is 11.5. The first kappa shape index (κ1) is 15.2. The van der Waals surface area contributed by atoms with E-state index in [0.29, 0.717) is 0 Å².